The second-order valence-electron chi connectivity index (χ2n) is 19.0. The molecule has 5 heterocycles. The number of para-hydroxylation sites is 4. The number of aryl methyl sites for hydroxylation is 2. The van der Waals surface area contributed by atoms with Crippen LogP contribution in [0.3, 0.4) is 0 Å². The number of nitrogens with zero attached hydrogens (tertiary/aromatic N) is 6. The maximum absolute atomic E-state index is 5.03. The zero-order valence-electron chi connectivity index (χ0n) is 37.6. The van der Waals surface area contributed by atoms with Crippen molar-refractivity contribution in [3.8, 4) is 17.2 Å². The summed E-state index contributed by atoms with van der Waals surface area (Å²) in [6.07, 6.45) is 5.79. The predicted molar refractivity (Wildman–Crippen MR) is 267 cm³/mol. The molecule has 0 atom stereocenters. The van der Waals surface area contributed by atoms with Crippen molar-refractivity contribution >= 4 is 86.5 Å². The largest absolute Gasteiger partial charge is 0.415 e. The van der Waals surface area contributed by atoms with Gasteiger partial charge in [-0.15, -0.1) is 22.7 Å². The molecule has 0 saturated carbocycles. The van der Waals surface area contributed by atoms with Gasteiger partial charge in [-0.1, -0.05) is 164 Å². The van der Waals surface area contributed by atoms with E-state index in [4.69, 9.17) is 4.98 Å². The Kier molecular flexibility index (Phi) is 9.55. The summed E-state index contributed by atoms with van der Waals surface area (Å²) in [7, 11) is -2.31. The molecule has 0 radical (unpaired) electrons. The molecule has 0 fully saturated rings. The molecule has 0 N–H and O–H groups in total. The third-order valence-electron chi connectivity index (χ3n) is 13.8. The molecule has 0 bridgehead atoms. The Balaban J connectivity index is 0.00000469. The van der Waals surface area contributed by atoms with Crippen LogP contribution < -0.4 is 30.0 Å². The van der Waals surface area contributed by atoms with E-state index in [9.17, 15) is 0 Å². The Morgan fingerprint density at radius 2 is 1.37 bits per heavy atom. The van der Waals surface area contributed by atoms with E-state index in [0.29, 0.717) is 0 Å². The van der Waals surface area contributed by atoms with Crippen molar-refractivity contribution in [2.45, 2.75) is 53.1 Å². The van der Waals surface area contributed by atoms with Gasteiger partial charge in [0.25, 0.3) is 6.33 Å². The Morgan fingerprint density at radius 1 is 0.662 bits per heavy atom. The molecule has 0 unspecified atom stereocenters. The van der Waals surface area contributed by atoms with Crippen LogP contribution in [0.2, 0.25) is 13.1 Å². The third kappa shape index (κ3) is 6.17. The Hall–Kier alpha value is -6.47. The minimum Gasteiger partial charge on any atom is -0.415 e. The van der Waals surface area contributed by atoms with Gasteiger partial charge in [-0.3, -0.25) is 4.57 Å². The number of imidazole rings is 1. The minimum absolute atomic E-state index is 0. The Labute approximate surface area is 396 Å². The van der Waals surface area contributed by atoms with Gasteiger partial charge in [0.15, 0.2) is 0 Å². The van der Waals surface area contributed by atoms with E-state index in [2.05, 4.69) is 241 Å². The third-order valence-corrected chi connectivity index (χ3v) is 17.3. The first-order chi connectivity index (χ1) is 31.0. The summed E-state index contributed by atoms with van der Waals surface area (Å²) < 4.78 is 6.82. The van der Waals surface area contributed by atoms with Gasteiger partial charge in [0.1, 0.15) is 5.82 Å². The van der Waals surface area contributed by atoms with E-state index in [0.717, 1.165) is 61.9 Å². The van der Waals surface area contributed by atoms with Crippen LogP contribution in [0, 0.1) is 32.3 Å². The van der Waals surface area contributed by atoms with Crippen molar-refractivity contribution in [2.24, 2.45) is 0 Å². The van der Waals surface area contributed by atoms with E-state index in [1.807, 2.05) is 6.20 Å². The van der Waals surface area contributed by atoms with E-state index >= 15 is 0 Å². The Morgan fingerprint density at radius 3 is 2.12 bits per heavy atom. The van der Waals surface area contributed by atoms with Gasteiger partial charge in [-0.05, 0) is 83.8 Å². The molecule has 9 heteroatoms. The zero-order chi connectivity index (χ0) is 43.6. The van der Waals surface area contributed by atoms with Gasteiger partial charge in [-0.2, -0.15) is 18.2 Å². The predicted octanol–water partition coefficient (Wildman–Crippen LogP) is 10.5. The summed E-state index contributed by atoms with van der Waals surface area (Å²) in [4.78, 5) is 10.1. The van der Waals surface area contributed by atoms with Crippen molar-refractivity contribution in [1.82, 2.24) is 14.1 Å². The number of pyridine rings is 1. The normalized spacial score (nSPS) is 14.0. The monoisotopic (exact) mass is 1040 g/mol. The van der Waals surface area contributed by atoms with E-state index in [-0.39, 0.29) is 33.5 Å². The zero-order valence-corrected chi connectivity index (χ0v) is 40.9. The molecule has 65 heavy (non-hydrogen) atoms. The molecule has 320 valence electrons. The van der Waals surface area contributed by atoms with Crippen LogP contribution in [0.1, 0.15) is 37.5 Å². The first-order valence-electron chi connectivity index (χ1n) is 22.3. The van der Waals surface area contributed by atoms with E-state index in [1.54, 1.807) is 0 Å². The second-order valence-corrected chi connectivity index (χ2v) is 23.4. The van der Waals surface area contributed by atoms with Gasteiger partial charge >= 0.3 is 6.98 Å². The molecule has 6 nitrogen and oxygen atoms in total. The van der Waals surface area contributed by atoms with Crippen molar-refractivity contribution in [3.63, 3.8) is 0 Å². The van der Waals surface area contributed by atoms with Gasteiger partial charge < -0.3 is 18.8 Å². The summed E-state index contributed by atoms with van der Waals surface area (Å²) in [5, 5.41) is 5.05. The van der Waals surface area contributed by atoms with Gasteiger partial charge in [0.2, 0.25) is 0 Å². The first kappa shape index (κ1) is 41.2. The molecular weight excluding hydrogens is 991 g/mol. The summed E-state index contributed by atoms with van der Waals surface area (Å²) in [5.41, 5.74) is 15.7. The smallest absolute Gasteiger partial charge is 0.406 e. The molecule has 3 aromatic heterocycles. The molecule has 2 aliphatic heterocycles. The van der Waals surface area contributed by atoms with Crippen LogP contribution in [0.15, 0.2) is 158 Å². The molecule has 10 aromatic rings. The van der Waals surface area contributed by atoms with Gasteiger partial charge in [-0.25, -0.2) is 4.98 Å². The molecule has 2 aliphatic rings. The van der Waals surface area contributed by atoms with Crippen LogP contribution >= 0.6 is 0 Å². The summed E-state index contributed by atoms with van der Waals surface area (Å²) in [5.74, 6) is 0.886. The molecule has 0 amide bonds. The fourth-order valence-electron chi connectivity index (χ4n) is 10.5. The summed E-state index contributed by atoms with van der Waals surface area (Å²) in [6, 6.07) is 63.4. The van der Waals surface area contributed by atoms with E-state index in [1.165, 1.54) is 43.4 Å². The fraction of sp³-hybridized carbons (Fsp3) is 0.143. The number of fused-ring (bicyclic) bond motifs is 6. The molecular formula is C56H47BN6PtSi-2. The number of hydrogen-bond donors (Lipinski definition) is 0. The topological polar surface area (TPSA) is 33.1 Å². The average Bonchev–Trinajstić information content (AvgIpc) is 3.96. The van der Waals surface area contributed by atoms with Crippen molar-refractivity contribution < 1.29 is 25.6 Å². The Bertz CT molecular complexity index is 3500. The maximum atomic E-state index is 5.03. The number of benzene rings is 7. The second kappa shape index (κ2) is 15.0. The van der Waals surface area contributed by atoms with Crippen LogP contribution in [-0.4, -0.2) is 29.2 Å². The van der Waals surface area contributed by atoms with Crippen molar-refractivity contribution in [1.29, 1.82) is 0 Å². The van der Waals surface area contributed by atoms with Crippen molar-refractivity contribution in [2.75, 3.05) is 9.62 Å². The number of hydrogen-bond acceptors (Lipinski definition) is 3. The average molecular weight is 1040 g/mol. The number of rotatable bonds is 5. The number of anilines is 4. The van der Waals surface area contributed by atoms with Crippen molar-refractivity contribution in [3.05, 3.63) is 193 Å². The van der Waals surface area contributed by atoms with Gasteiger partial charge in [0.05, 0.1) is 16.7 Å². The summed E-state index contributed by atoms with van der Waals surface area (Å²) in [6.45, 7) is 16.0. The minimum atomic E-state index is -2.31. The molecule has 0 saturated heterocycles. The van der Waals surface area contributed by atoms with Crippen LogP contribution in [0.25, 0.3) is 50.0 Å². The van der Waals surface area contributed by atoms with Crippen LogP contribution in [-0.2, 0) is 26.5 Å². The molecule has 0 spiro atoms. The van der Waals surface area contributed by atoms with Crippen LogP contribution in [0.5, 0.6) is 0 Å². The molecule has 12 rings (SSSR count). The first-order valence-corrected chi connectivity index (χ1v) is 25.3. The quantitative estimate of drug-likeness (QED) is 0.0979. The fourth-order valence-corrected chi connectivity index (χ4v) is 13.4. The molecule has 7 aromatic carbocycles. The van der Waals surface area contributed by atoms with E-state index < -0.39 is 8.07 Å². The maximum Gasteiger partial charge on any atom is 0.406 e. The molecule has 0 aliphatic carbocycles. The summed E-state index contributed by atoms with van der Waals surface area (Å²) >= 11 is 0. The number of aromatic nitrogens is 4. The standard InChI is InChI=1S/C56H47BN6Si.Pt/c1-37-18-16-19-38(2)54(37)57-62(41-22-12-9-13-23-41)49-35-52-50(60-36-59(40-20-10-8-11-21-40)46-26-17-27-51(55(46)60)64(52,6)7)34-48(49)63(57)42-28-29-44-43-24-14-15-25-45(43)61(47(44)33-42)53-32-39(30-31-58-53)56(3,4)5;/h8-32,35H,1-7H3;/q-2;. The van der Waals surface area contributed by atoms with Crippen LogP contribution in [0.4, 0.5) is 22.7 Å². The SMILES string of the molecule is Cc1cccc(C)c1B1N(c2[c-]c3c(cc2)c2ccccc2n3-c2cc(C(C)(C)C)ccn2)c2[c-]c3c(cc2N1c1ccccc1)[Si](C)(C)c1cccc2c1n-3[c-][n+]2-c1ccccc1.[Pt]. The van der Waals surface area contributed by atoms with Gasteiger partial charge in [0, 0.05) is 46.5 Å².